The maximum atomic E-state index is 12.0. The third-order valence-corrected chi connectivity index (χ3v) is 3.74. The number of hydrogen-bond donors (Lipinski definition) is 1. The highest BCUT2D eigenvalue weighted by atomic mass is 79.9. The maximum Gasteiger partial charge on any atom is 0.257 e. The van der Waals surface area contributed by atoms with Gasteiger partial charge in [-0.1, -0.05) is 6.07 Å². The van der Waals surface area contributed by atoms with E-state index in [1.165, 1.54) is 6.20 Å². The summed E-state index contributed by atoms with van der Waals surface area (Å²) in [5.74, 6) is -0.257. The third-order valence-electron chi connectivity index (χ3n) is 2.39. The average molecular weight is 339 g/mol. The minimum atomic E-state index is -1.07. The molecule has 0 saturated carbocycles. The van der Waals surface area contributed by atoms with Gasteiger partial charge in [0.05, 0.1) is 5.56 Å². The standard InChI is InChI=1S/C13H11BrN2O2S/c1-19(18)12-4-2-3-11(6-12)16-13(17)9-5-10(14)8-15-7-9/h2-8H,1H3,(H,16,17). The highest BCUT2D eigenvalue weighted by molar-refractivity contribution is 9.10. The van der Waals surface area contributed by atoms with E-state index in [0.29, 0.717) is 16.1 Å². The molecule has 0 fully saturated rings. The van der Waals surface area contributed by atoms with Crippen molar-refractivity contribution in [3.63, 3.8) is 0 Å². The number of pyridine rings is 1. The first-order chi connectivity index (χ1) is 9.06. The zero-order valence-corrected chi connectivity index (χ0v) is 12.5. The quantitative estimate of drug-likeness (QED) is 0.936. The normalized spacial score (nSPS) is 11.9. The Hall–Kier alpha value is -1.53. The molecule has 1 aromatic carbocycles. The molecule has 0 aliphatic rings. The largest absolute Gasteiger partial charge is 0.322 e. The van der Waals surface area contributed by atoms with Crippen LogP contribution >= 0.6 is 15.9 Å². The summed E-state index contributed by atoms with van der Waals surface area (Å²) >= 11 is 3.26. The number of nitrogens with zero attached hydrogens (tertiary/aromatic N) is 1. The van der Waals surface area contributed by atoms with E-state index in [4.69, 9.17) is 0 Å². The van der Waals surface area contributed by atoms with Crippen molar-refractivity contribution in [1.82, 2.24) is 4.98 Å². The fraction of sp³-hybridized carbons (Fsp3) is 0.0769. The summed E-state index contributed by atoms with van der Waals surface area (Å²) < 4.78 is 12.1. The second kappa shape index (κ2) is 6.08. The van der Waals surface area contributed by atoms with E-state index in [0.717, 1.165) is 4.47 Å². The summed E-state index contributed by atoms with van der Waals surface area (Å²) in [7, 11) is -1.07. The summed E-state index contributed by atoms with van der Waals surface area (Å²) in [5, 5.41) is 2.75. The molecule has 1 heterocycles. The Labute approximate surface area is 121 Å². The van der Waals surface area contributed by atoms with Gasteiger partial charge < -0.3 is 5.32 Å². The van der Waals surface area contributed by atoms with Crippen molar-refractivity contribution in [2.45, 2.75) is 4.90 Å². The molecule has 19 heavy (non-hydrogen) atoms. The van der Waals surface area contributed by atoms with E-state index in [2.05, 4.69) is 26.2 Å². The van der Waals surface area contributed by atoms with Crippen molar-refractivity contribution in [3.8, 4) is 0 Å². The summed E-state index contributed by atoms with van der Waals surface area (Å²) in [6.45, 7) is 0. The molecule has 1 N–H and O–H groups in total. The number of benzene rings is 1. The number of halogens is 1. The summed E-state index contributed by atoms with van der Waals surface area (Å²) in [6.07, 6.45) is 4.69. The molecule has 0 bridgehead atoms. The van der Waals surface area contributed by atoms with Crippen molar-refractivity contribution in [2.75, 3.05) is 11.6 Å². The van der Waals surface area contributed by atoms with Gasteiger partial charge in [0.25, 0.3) is 5.91 Å². The Bertz CT molecular complexity index is 646. The molecule has 0 aliphatic heterocycles. The van der Waals surface area contributed by atoms with Crippen molar-refractivity contribution in [2.24, 2.45) is 0 Å². The van der Waals surface area contributed by atoms with E-state index < -0.39 is 10.8 Å². The Morgan fingerprint density at radius 1 is 1.32 bits per heavy atom. The van der Waals surface area contributed by atoms with E-state index in [1.54, 1.807) is 42.8 Å². The van der Waals surface area contributed by atoms with E-state index in [1.807, 2.05) is 0 Å². The van der Waals surface area contributed by atoms with Gasteiger partial charge in [0, 0.05) is 44.5 Å². The zero-order valence-electron chi connectivity index (χ0n) is 10.1. The number of aromatic nitrogens is 1. The lowest BCUT2D eigenvalue weighted by Gasteiger charge is -2.06. The molecule has 0 saturated heterocycles. The summed E-state index contributed by atoms with van der Waals surface area (Å²) in [5.41, 5.74) is 1.06. The lowest BCUT2D eigenvalue weighted by atomic mass is 10.2. The van der Waals surface area contributed by atoms with Crippen LogP contribution in [0.3, 0.4) is 0 Å². The molecule has 4 nitrogen and oxygen atoms in total. The van der Waals surface area contributed by atoms with Crippen molar-refractivity contribution >= 4 is 38.3 Å². The van der Waals surface area contributed by atoms with E-state index in [-0.39, 0.29) is 5.91 Å². The SMILES string of the molecule is CS(=O)c1cccc(NC(=O)c2cncc(Br)c2)c1. The third kappa shape index (κ3) is 3.71. The van der Waals surface area contributed by atoms with Crippen LogP contribution in [-0.2, 0) is 10.8 Å². The van der Waals surface area contributed by atoms with Gasteiger partial charge >= 0.3 is 0 Å². The monoisotopic (exact) mass is 338 g/mol. The van der Waals surface area contributed by atoms with Crippen molar-refractivity contribution in [3.05, 3.63) is 52.8 Å². The fourth-order valence-electron chi connectivity index (χ4n) is 1.49. The molecule has 1 amide bonds. The Morgan fingerprint density at radius 2 is 2.11 bits per heavy atom. The Balaban J connectivity index is 2.19. The van der Waals surface area contributed by atoms with Crippen molar-refractivity contribution in [1.29, 1.82) is 0 Å². The highest BCUT2D eigenvalue weighted by Gasteiger charge is 2.08. The van der Waals surface area contributed by atoms with Crippen LogP contribution in [0.2, 0.25) is 0 Å². The average Bonchev–Trinajstić information content (AvgIpc) is 2.39. The molecular weight excluding hydrogens is 328 g/mol. The molecule has 0 spiro atoms. The lowest BCUT2D eigenvalue weighted by Crippen LogP contribution is -2.12. The van der Waals surface area contributed by atoms with E-state index >= 15 is 0 Å². The molecule has 2 aromatic rings. The highest BCUT2D eigenvalue weighted by Crippen LogP contribution is 2.15. The molecule has 1 aromatic heterocycles. The summed E-state index contributed by atoms with van der Waals surface area (Å²) in [6, 6.07) is 8.64. The molecule has 2 rings (SSSR count). The van der Waals surface area contributed by atoms with Crippen LogP contribution in [0.25, 0.3) is 0 Å². The fourth-order valence-corrected chi connectivity index (χ4v) is 2.42. The van der Waals surface area contributed by atoms with Crippen LogP contribution in [0.1, 0.15) is 10.4 Å². The number of rotatable bonds is 3. The molecular formula is C13H11BrN2O2S. The number of hydrogen-bond acceptors (Lipinski definition) is 3. The van der Waals surface area contributed by atoms with Crippen LogP contribution in [0.4, 0.5) is 5.69 Å². The first-order valence-corrected chi connectivity index (χ1v) is 7.77. The zero-order chi connectivity index (χ0) is 13.8. The van der Waals surface area contributed by atoms with Gasteiger partial charge in [0.2, 0.25) is 0 Å². The van der Waals surface area contributed by atoms with Gasteiger partial charge in [0.1, 0.15) is 0 Å². The van der Waals surface area contributed by atoms with Crippen LogP contribution in [-0.4, -0.2) is 21.4 Å². The predicted molar refractivity (Wildman–Crippen MR) is 78.7 cm³/mol. The number of amides is 1. The van der Waals surface area contributed by atoms with Gasteiger partial charge in [-0.2, -0.15) is 0 Å². The minimum absolute atomic E-state index is 0.257. The number of nitrogens with one attached hydrogen (secondary N) is 1. The molecule has 1 atom stereocenters. The minimum Gasteiger partial charge on any atom is -0.322 e. The second-order valence-electron chi connectivity index (χ2n) is 3.83. The second-order valence-corrected chi connectivity index (χ2v) is 6.12. The first kappa shape index (κ1) is 13.9. The van der Waals surface area contributed by atoms with Crippen molar-refractivity contribution < 1.29 is 9.00 Å². The van der Waals surface area contributed by atoms with Gasteiger partial charge in [0.15, 0.2) is 0 Å². The van der Waals surface area contributed by atoms with E-state index in [9.17, 15) is 9.00 Å². The summed E-state index contributed by atoms with van der Waals surface area (Å²) in [4.78, 5) is 16.6. The van der Waals surface area contributed by atoms with Crippen LogP contribution in [0.5, 0.6) is 0 Å². The predicted octanol–water partition coefficient (Wildman–Crippen LogP) is 2.83. The molecule has 6 heteroatoms. The molecule has 0 aliphatic carbocycles. The Kier molecular flexibility index (Phi) is 4.44. The van der Waals surface area contributed by atoms with Gasteiger partial charge in [-0.15, -0.1) is 0 Å². The Morgan fingerprint density at radius 3 is 2.79 bits per heavy atom. The smallest absolute Gasteiger partial charge is 0.257 e. The lowest BCUT2D eigenvalue weighted by molar-refractivity contribution is 0.102. The van der Waals surface area contributed by atoms with Crippen LogP contribution < -0.4 is 5.32 Å². The van der Waals surface area contributed by atoms with Gasteiger partial charge in [-0.3, -0.25) is 14.0 Å². The topological polar surface area (TPSA) is 59.1 Å². The number of carbonyl (C=O) groups is 1. The van der Waals surface area contributed by atoms with Gasteiger partial charge in [-0.05, 0) is 40.2 Å². The molecule has 98 valence electrons. The number of anilines is 1. The van der Waals surface area contributed by atoms with Crippen LogP contribution in [0.15, 0.2) is 52.1 Å². The van der Waals surface area contributed by atoms with Gasteiger partial charge in [-0.25, -0.2) is 0 Å². The number of carbonyl (C=O) groups excluding carboxylic acids is 1. The molecule has 0 radical (unpaired) electrons. The molecule has 1 unspecified atom stereocenters. The maximum absolute atomic E-state index is 12.0. The van der Waals surface area contributed by atoms with Crippen LogP contribution in [0, 0.1) is 0 Å². The first-order valence-electron chi connectivity index (χ1n) is 5.41.